The smallest absolute Gasteiger partial charge is 0.333 e. The Morgan fingerprint density at radius 3 is 1.97 bits per heavy atom. The predicted molar refractivity (Wildman–Crippen MR) is 94.1 cm³/mol. The van der Waals surface area contributed by atoms with E-state index in [0.29, 0.717) is 0 Å². The minimum Gasteiger partial charge on any atom is -0.498 e. The number of esters is 4. The first kappa shape index (κ1) is 24.4. The minimum absolute atomic E-state index is 0.196. The molecule has 1 rings (SSSR count). The number of methoxy groups -OCH3 is 1. The molecule has 5 atom stereocenters. The van der Waals surface area contributed by atoms with Crippen LogP contribution in [0.1, 0.15) is 27.7 Å². The van der Waals surface area contributed by atoms with Gasteiger partial charge >= 0.3 is 23.9 Å². The largest absolute Gasteiger partial charge is 0.498 e. The van der Waals surface area contributed by atoms with Gasteiger partial charge in [0.05, 0.1) is 18.9 Å². The Labute approximate surface area is 168 Å². The highest BCUT2D eigenvalue weighted by atomic mass is 16.7. The van der Waals surface area contributed by atoms with Gasteiger partial charge in [0.25, 0.3) is 0 Å². The normalized spacial score (nSPS) is 26.4. The van der Waals surface area contributed by atoms with E-state index in [-0.39, 0.29) is 13.2 Å². The third-order valence-corrected chi connectivity index (χ3v) is 3.58. The molecule has 11 nitrogen and oxygen atoms in total. The molecule has 1 saturated heterocycles. The van der Waals surface area contributed by atoms with Crippen LogP contribution in [0, 0.1) is 0 Å². The van der Waals surface area contributed by atoms with Gasteiger partial charge in [0.1, 0.15) is 12.7 Å². The summed E-state index contributed by atoms with van der Waals surface area (Å²) in [6, 6.07) is 0. The summed E-state index contributed by atoms with van der Waals surface area (Å²) >= 11 is 0. The van der Waals surface area contributed by atoms with Crippen LogP contribution in [0.2, 0.25) is 0 Å². The molecule has 0 radical (unpaired) electrons. The summed E-state index contributed by atoms with van der Waals surface area (Å²) in [4.78, 5) is 46.0. The first-order valence-electron chi connectivity index (χ1n) is 8.84. The fraction of sp³-hybridized carbons (Fsp3) is 0.667. The SMILES string of the molecule is CCOC(=O)/C=C\OC[C@H]1O[C@H](OC)[C@H](OC(C)=O)[C@@H](OC(C)=O)[C@@H]1OC(C)=O. The molecule has 0 N–H and O–H groups in total. The molecular formula is C18H26O11. The lowest BCUT2D eigenvalue weighted by atomic mass is 9.98. The highest BCUT2D eigenvalue weighted by molar-refractivity contribution is 5.81. The van der Waals surface area contributed by atoms with Gasteiger partial charge in [0, 0.05) is 27.9 Å². The Bertz CT molecular complexity index is 615. The molecule has 1 fully saturated rings. The van der Waals surface area contributed by atoms with Crippen LogP contribution in [0.5, 0.6) is 0 Å². The summed E-state index contributed by atoms with van der Waals surface area (Å²) in [7, 11) is 1.30. The van der Waals surface area contributed by atoms with Crippen molar-refractivity contribution in [1.82, 2.24) is 0 Å². The Hall–Kier alpha value is -2.66. The number of ether oxygens (including phenoxy) is 7. The maximum absolute atomic E-state index is 11.6. The summed E-state index contributed by atoms with van der Waals surface area (Å²) in [5, 5.41) is 0. The Morgan fingerprint density at radius 2 is 1.45 bits per heavy atom. The van der Waals surface area contributed by atoms with Gasteiger partial charge in [-0.1, -0.05) is 0 Å². The molecule has 1 heterocycles. The van der Waals surface area contributed by atoms with Gasteiger partial charge in [-0.25, -0.2) is 4.79 Å². The van der Waals surface area contributed by atoms with Crippen molar-refractivity contribution in [3.63, 3.8) is 0 Å². The molecule has 0 bridgehead atoms. The lowest BCUT2D eigenvalue weighted by molar-refractivity contribution is -0.302. The van der Waals surface area contributed by atoms with Crippen molar-refractivity contribution in [3.05, 3.63) is 12.3 Å². The molecule has 29 heavy (non-hydrogen) atoms. The Morgan fingerprint density at radius 1 is 0.897 bits per heavy atom. The number of carbonyl (C=O) groups excluding carboxylic acids is 4. The summed E-state index contributed by atoms with van der Waals surface area (Å²) in [6.45, 7) is 5.14. The van der Waals surface area contributed by atoms with E-state index in [0.717, 1.165) is 33.1 Å². The third kappa shape index (κ3) is 8.08. The maximum Gasteiger partial charge on any atom is 0.333 e. The van der Waals surface area contributed by atoms with Crippen molar-refractivity contribution < 1.29 is 52.3 Å². The second kappa shape index (κ2) is 12.0. The van der Waals surface area contributed by atoms with Gasteiger partial charge in [-0.2, -0.15) is 0 Å². The predicted octanol–water partition coefficient (Wildman–Crippen LogP) is 0.246. The number of rotatable bonds is 9. The molecule has 11 heteroatoms. The fourth-order valence-electron chi connectivity index (χ4n) is 2.62. The molecule has 0 aromatic heterocycles. The molecule has 1 aliphatic rings. The van der Waals surface area contributed by atoms with Crippen molar-refractivity contribution in [1.29, 1.82) is 0 Å². The number of hydrogen-bond acceptors (Lipinski definition) is 11. The monoisotopic (exact) mass is 418 g/mol. The second-order valence-electron chi connectivity index (χ2n) is 5.89. The van der Waals surface area contributed by atoms with Gasteiger partial charge in [0.15, 0.2) is 24.6 Å². The molecule has 0 spiro atoms. The average molecular weight is 418 g/mol. The number of hydrogen-bond donors (Lipinski definition) is 0. The molecule has 0 saturated carbocycles. The molecule has 164 valence electrons. The van der Waals surface area contributed by atoms with Crippen LogP contribution >= 0.6 is 0 Å². The van der Waals surface area contributed by atoms with E-state index in [1.54, 1.807) is 6.92 Å². The van der Waals surface area contributed by atoms with Crippen LogP contribution in [-0.4, -0.2) is 74.9 Å². The van der Waals surface area contributed by atoms with Gasteiger partial charge in [-0.15, -0.1) is 0 Å². The van der Waals surface area contributed by atoms with Crippen LogP contribution in [0.3, 0.4) is 0 Å². The van der Waals surface area contributed by atoms with Crippen LogP contribution in [0.15, 0.2) is 12.3 Å². The second-order valence-corrected chi connectivity index (χ2v) is 5.89. The van der Waals surface area contributed by atoms with E-state index in [1.807, 2.05) is 0 Å². The zero-order valence-electron chi connectivity index (χ0n) is 16.9. The lowest BCUT2D eigenvalue weighted by Crippen LogP contribution is -2.62. The average Bonchev–Trinajstić information content (AvgIpc) is 2.61. The molecule has 0 amide bonds. The van der Waals surface area contributed by atoms with Crippen molar-refractivity contribution in [2.24, 2.45) is 0 Å². The summed E-state index contributed by atoms with van der Waals surface area (Å²) in [5.74, 6) is -2.65. The summed E-state index contributed by atoms with van der Waals surface area (Å²) in [5.41, 5.74) is 0. The molecule has 1 aliphatic heterocycles. The van der Waals surface area contributed by atoms with Gasteiger partial charge in [0.2, 0.25) is 0 Å². The standard InChI is InChI=1S/C18H26O11/c1-6-25-14(22)7-8-24-9-13-15(26-10(2)19)16(27-11(3)20)17(28-12(4)21)18(23-5)29-13/h7-8,13,15-18H,6,9H2,1-5H3/b8-7-/t13-,15-,16+,17-,18+/m1/s1. The van der Waals surface area contributed by atoms with Crippen molar-refractivity contribution in [2.45, 2.75) is 58.4 Å². The fourth-order valence-corrected chi connectivity index (χ4v) is 2.62. The molecular weight excluding hydrogens is 392 g/mol. The van der Waals surface area contributed by atoms with Crippen LogP contribution in [-0.2, 0) is 52.3 Å². The quantitative estimate of drug-likeness (QED) is 0.221. The molecule has 0 aromatic rings. The topological polar surface area (TPSA) is 133 Å². The van der Waals surface area contributed by atoms with E-state index < -0.39 is 54.6 Å². The van der Waals surface area contributed by atoms with Gasteiger partial charge in [-0.3, -0.25) is 14.4 Å². The zero-order chi connectivity index (χ0) is 22.0. The molecule has 0 unspecified atom stereocenters. The first-order chi connectivity index (χ1) is 13.7. The van der Waals surface area contributed by atoms with Crippen molar-refractivity contribution >= 4 is 23.9 Å². The van der Waals surface area contributed by atoms with Gasteiger partial charge in [-0.05, 0) is 6.92 Å². The highest BCUT2D eigenvalue weighted by Gasteiger charge is 2.52. The van der Waals surface area contributed by atoms with E-state index in [4.69, 9.17) is 33.2 Å². The zero-order valence-corrected chi connectivity index (χ0v) is 16.9. The summed E-state index contributed by atoms with van der Waals surface area (Å²) < 4.78 is 36.6. The van der Waals surface area contributed by atoms with E-state index in [2.05, 4.69) is 0 Å². The number of carbonyl (C=O) groups is 4. The summed E-state index contributed by atoms with van der Waals surface area (Å²) in [6.07, 6.45) is -3.49. The first-order valence-corrected chi connectivity index (χ1v) is 8.84. The van der Waals surface area contributed by atoms with Gasteiger partial charge < -0.3 is 33.2 Å². The van der Waals surface area contributed by atoms with Crippen LogP contribution < -0.4 is 0 Å². The Kier molecular flexibility index (Phi) is 10.1. The van der Waals surface area contributed by atoms with Crippen LogP contribution in [0.25, 0.3) is 0 Å². The molecule has 0 aromatic carbocycles. The minimum atomic E-state index is -1.21. The molecule has 0 aliphatic carbocycles. The lowest BCUT2D eigenvalue weighted by Gasteiger charge is -2.43. The Balaban J connectivity index is 3.05. The highest BCUT2D eigenvalue weighted by Crippen LogP contribution is 2.29. The van der Waals surface area contributed by atoms with Crippen molar-refractivity contribution in [3.8, 4) is 0 Å². The van der Waals surface area contributed by atoms with E-state index in [9.17, 15) is 19.2 Å². The van der Waals surface area contributed by atoms with E-state index in [1.165, 1.54) is 7.11 Å². The maximum atomic E-state index is 11.6. The third-order valence-electron chi connectivity index (χ3n) is 3.58. The van der Waals surface area contributed by atoms with Crippen molar-refractivity contribution in [2.75, 3.05) is 20.3 Å². The van der Waals surface area contributed by atoms with E-state index >= 15 is 0 Å². The van der Waals surface area contributed by atoms with Crippen LogP contribution in [0.4, 0.5) is 0 Å².